The van der Waals surface area contributed by atoms with Gasteiger partial charge in [0.05, 0.1) is 5.75 Å². The van der Waals surface area contributed by atoms with Crippen molar-refractivity contribution in [3.8, 4) is 0 Å². The molecule has 1 aromatic carbocycles. The van der Waals surface area contributed by atoms with Crippen LogP contribution in [0.25, 0.3) is 0 Å². The summed E-state index contributed by atoms with van der Waals surface area (Å²) in [6, 6.07) is 8.52. The quantitative estimate of drug-likeness (QED) is 0.404. The van der Waals surface area contributed by atoms with Crippen molar-refractivity contribution in [2.24, 2.45) is 0 Å². The first kappa shape index (κ1) is 27.9. The number of nitrogens with zero attached hydrogens (tertiary/aromatic N) is 1. The van der Waals surface area contributed by atoms with Crippen LogP contribution in [0.5, 0.6) is 0 Å². The van der Waals surface area contributed by atoms with Gasteiger partial charge in [0.1, 0.15) is 0 Å². The fourth-order valence-electron chi connectivity index (χ4n) is 2.45. The van der Waals surface area contributed by atoms with Gasteiger partial charge in [-0.2, -0.15) is 0 Å². The fraction of sp³-hybridized carbons (Fsp3) is 0.591. The normalized spacial score (nSPS) is 10.3. The molecule has 0 fully saturated rings. The molecular formula is C22H36N2O5S. The summed E-state index contributed by atoms with van der Waals surface area (Å²) < 4.78 is 0. The number of hydrogen-bond donors (Lipinski definition) is 3. The summed E-state index contributed by atoms with van der Waals surface area (Å²) in [4.78, 5) is 32.6. The molecule has 30 heavy (non-hydrogen) atoms. The number of nitrogens with one attached hydrogen (secondary N) is 1. The van der Waals surface area contributed by atoms with Crippen LogP contribution in [0.2, 0.25) is 0 Å². The largest absolute Gasteiger partial charge is 0.473 e. The van der Waals surface area contributed by atoms with Crippen LogP contribution >= 0.6 is 11.8 Å². The van der Waals surface area contributed by atoms with E-state index in [1.807, 2.05) is 0 Å². The molecule has 0 aliphatic heterocycles. The Balaban J connectivity index is 0.00000122. The third kappa shape index (κ3) is 15.8. The number of rotatable bonds is 13. The second-order valence-electron chi connectivity index (χ2n) is 6.99. The van der Waals surface area contributed by atoms with E-state index in [1.54, 1.807) is 11.8 Å². The molecule has 0 radical (unpaired) electrons. The third-order valence-corrected chi connectivity index (χ3v) is 5.22. The van der Waals surface area contributed by atoms with Gasteiger partial charge in [-0.1, -0.05) is 56.5 Å². The molecule has 0 aliphatic carbocycles. The molecule has 0 unspecified atom stereocenters. The monoisotopic (exact) mass is 440 g/mol. The summed E-state index contributed by atoms with van der Waals surface area (Å²) in [5.74, 6) is -2.06. The van der Waals surface area contributed by atoms with Crippen molar-refractivity contribution in [1.29, 1.82) is 0 Å². The number of carboxylic acids is 2. The highest BCUT2D eigenvalue weighted by Crippen LogP contribution is 2.12. The molecule has 0 saturated heterocycles. The molecule has 0 heterocycles. The van der Waals surface area contributed by atoms with Gasteiger partial charge < -0.3 is 20.4 Å². The zero-order valence-electron chi connectivity index (χ0n) is 18.4. The van der Waals surface area contributed by atoms with Crippen molar-refractivity contribution in [2.45, 2.75) is 52.2 Å². The average Bonchev–Trinajstić information content (AvgIpc) is 2.71. The number of aliphatic carboxylic acids is 2. The van der Waals surface area contributed by atoms with Crippen LogP contribution in [0.4, 0.5) is 0 Å². The van der Waals surface area contributed by atoms with Gasteiger partial charge in [0.15, 0.2) is 0 Å². The van der Waals surface area contributed by atoms with Crippen LogP contribution in [0.15, 0.2) is 24.3 Å². The van der Waals surface area contributed by atoms with E-state index in [1.165, 1.54) is 36.8 Å². The maximum atomic E-state index is 11.9. The van der Waals surface area contributed by atoms with Gasteiger partial charge in [-0.3, -0.25) is 4.79 Å². The maximum absolute atomic E-state index is 11.9. The summed E-state index contributed by atoms with van der Waals surface area (Å²) in [7, 11) is 0. The highest BCUT2D eigenvalue weighted by molar-refractivity contribution is 7.99. The van der Waals surface area contributed by atoms with E-state index < -0.39 is 11.9 Å². The molecule has 7 nitrogen and oxygen atoms in total. The summed E-state index contributed by atoms with van der Waals surface area (Å²) in [6.45, 7) is 10.6. The standard InChI is InChI=1S/C20H34N2OS.C2H2O4/c1-4-6-13-22(14-7-5-2)15-12-21-20(23)17-24-16-19-10-8-18(3)9-11-19;3-1(4)2(5)6/h8-11H,4-7,12-17H2,1-3H3,(H,21,23);(H,3,4)(H,5,6). The Morgan fingerprint density at radius 3 is 1.93 bits per heavy atom. The van der Waals surface area contributed by atoms with Crippen molar-refractivity contribution < 1.29 is 24.6 Å². The second-order valence-corrected chi connectivity index (χ2v) is 7.97. The van der Waals surface area contributed by atoms with Crippen molar-refractivity contribution >= 4 is 29.6 Å². The van der Waals surface area contributed by atoms with Crippen LogP contribution in [0, 0.1) is 6.92 Å². The van der Waals surface area contributed by atoms with E-state index in [0.29, 0.717) is 5.75 Å². The number of hydrogen-bond acceptors (Lipinski definition) is 5. The first-order valence-corrected chi connectivity index (χ1v) is 11.5. The first-order chi connectivity index (χ1) is 14.3. The summed E-state index contributed by atoms with van der Waals surface area (Å²) >= 11 is 1.68. The summed E-state index contributed by atoms with van der Waals surface area (Å²) in [6.07, 6.45) is 4.93. The SMILES string of the molecule is CCCCN(CCCC)CCNC(=O)CSCc1ccc(C)cc1.O=C(O)C(=O)O. The summed E-state index contributed by atoms with van der Waals surface area (Å²) in [5, 5.41) is 17.8. The Hall–Kier alpha value is -2.06. The van der Waals surface area contributed by atoms with E-state index in [0.717, 1.165) is 31.9 Å². The molecule has 1 amide bonds. The minimum absolute atomic E-state index is 0.151. The molecule has 0 aromatic heterocycles. The molecule has 170 valence electrons. The molecule has 3 N–H and O–H groups in total. The number of benzene rings is 1. The number of carboxylic acid groups (broad SMARTS) is 2. The van der Waals surface area contributed by atoms with Crippen LogP contribution in [-0.4, -0.2) is 64.9 Å². The predicted molar refractivity (Wildman–Crippen MR) is 122 cm³/mol. The lowest BCUT2D eigenvalue weighted by atomic mass is 10.2. The average molecular weight is 441 g/mol. The Morgan fingerprint density at radius 1 is 0.933 bits per heavy atom. The van der Waals surface area contributed by atoms with Gasteiger partial charge in [0.2, 0.25) is 5.91 Å². The van der Waals surface area contributed by atoms with Gasteiger partial charge in [-0.15, -0.1) is 11.8 Å². The van der Waals surface area contributed by atoms with Crippen LogP contribution in [0.1, 0.15) is 50.7 Å². The van der Waals surface area contributed by atoms with Crippen LogP contribution in [0.3, 0.4) is 0 Å². The van der Waals surface area contributed by atoms with Crippen LogP contribution in [-0.2, 0) is 20.1 Å². The molecule has 0 atom stereocenters. The Labute approximate surface area is 184 Å². The maximum Gasteiger partial charge on any atom is 0.414 e. The lowest BCUT2D eigenvalue weighted by molar-refractivity contribution is -0.159. The lowest BCUT2D eigenvalue weighted by Gasteiger charge is -2.22. The summed E-state index contributed by atoms with van der Waals surface area (Å²) in [5.41, 5.74) is 2.56. The van der Waals surface area contributed by atoms with Gasteiger partial charge in [-0.25, -0.2) is 9.59 Å². The molecule has 0 saturated carbocycles. The molecule has 0 bridgehead atoms. The molecule has 0 spiro atoms. The minimum Gasteiger partial charge on any atom is -0.473 e. The Kier molecular flexibility index (Phi) is 16.5. The first-order valence-electron chi connectivity index (χ1n) is 10.4. The van der Waals surface area contributed by atoms with Crippen molar-refractivity contribution in [3.05, 3.63) is 35.4 Å². The Bertz CT molecular complexity index is 602. The van der Waals surface area contributed by atoms with Crippen LogP contribution < -0.4 is 5.32 Å². The third-order valence-electron chi connectivity index (χ3n) is 4.21. The molecular weight excluding hydrogens is 404 g/mol. The number of carbonyl (C=O) groups excluding carboxylic acids is 1. The van der Waals surface area contributed by atoms with Gasteiger partial charge >= 0.3 is 11.9 Å². The number of thioether (sulfide) groups is 1. The van der Waals surface area contributed by atoms with Gasteiger partial charge in [-0.05, 0) is 38.4 Å². The topological polar surface area (TPSA) is 107 Å². The zero-order valence-corrected chi connectivity index (χ0v) is 19.2. The van der Waals surface area contributed by atoms with Crippen molar-refractivity contribution in [3.63, 3.8) is 0 Å². The number of amides is 1. The predicted octanol–water partition coefficient (Wildman–Crippen LogP) is 3.40. The van der Waals surface area contributed by atoms with Crippen molar-refractivity contribution in [1.82, 2.24) is 10.2 Å². The van der Waals surface area contributed by atoms with Gasteiger partial charge in [0, 0.05) is 18.8 Å². The van der Waals surface area contributed by atoms with E-state index in [2.05, 4.69) is 55.3 Å². The fourth-order valence-corrected chi connectivity index (χ4v) is 3.27. The van der Waals surface area contributed by atoms with E-state index in [4.69, 9.17) is 19.8 Å². The minimum atomic E-state index is -1.82. The van der Waals surface area contributed by atoms with Gasteiger partial charge in [0.25, 0.3) is 0 Å². The molecule has 1 aromatic rings. The molecule has 8 heteroatoms. The Morgan fingerprint density at radius 2 is 1.47 bits per heavy atom. The number of unbranched alkanes of at least 4 members (excludes halogenated alkanes) is 2. The molecule has 0 aliphatic rings. The second kappa shape index (κ2) is 17.8. The lowest BCUT2D eigenvalue weighted by Crippen LogP contribution is -2.36. The van der Waals surface area contributed by atoms with Crippen molar-refractivity contribution in [2.75, 3.05) is 31.9 Å². The zero-order chi connectivity index (χ0) is 22.8. The highest BCUT2D eigenvalue weighted by Gasteiger charge is 2.06. The number of carbonyl (C=O) groups is 3. The smallest absolute Gasteiger partial charge is 0.414 e. The number of aryl methyl sites for hydroxylation is 1. The van der Waals surface area contributed by atoms with E-state index >= 15 is 0 Å². The van der Waals surface area contributed by atoms with E-state index in [9.17, 15) is 4.79 Å². The van der Waals surface area contributed by atoms with E-state index in [-0.39, 0.29) is 5.91 Å². The highest BCUT2D eigenvalue weighted by atomic mass is 32.2. The molecule has 1 rings (SSSR count).